The van der Waals surface area contributed by atoms with E-state index in [9.17, 15) is 0 Å². The first kappa shape index (κ1) is 17.1. The van der Waals surface area contributed by atoms with Gasteiger partial charge in [0.2, 0.25) is 0 Å². The molecule has 3 aromatic rings. The van der Waals surface area contributed by atoms with Crippen molar-refractivity contribution < 1.29 is 4.74 Å². The number of fused-ring (bicyclic) bond motifs is 1. The summed E-state index contributed by atoms with van der Waals surface area (Å²) < 4.78 is 7.04. The molecule has 0 atom stereocenters. The molecule has 4 rings (SSSR count). The van der Waals surface area contributed by atoms with Crippen molar-refractivity contribution >= 4 is 23.1 Å². The lowest BCUT2D eigenvalue weighted by Gasteiger charge is -2.40. The second-order valence-corrected chi connectivity index (χ2v) is 6.92. The fourth-order valence-electron chi connectivity index (χ4n) is 3.20. The van der Waals surface area contributed by atoms with Crippen molar-refractivity contribution in [3.05, 3.63) is 46.7 Å². The van der Waals surface area contributed by atoms with Crippen molar-refractivity contribution in [3.63, 3.8) is 0 Å². The second-order valence-electron chi connectivity index (χ2n) is 6.54. The number of ether oxygens (including phenoxy) is 1. The Labute approximate surface area is 156 Å². The van der Waals surface area contributed by atoms with Crippen LogP contribution in [0.25, 0.3) is 5.65 Å². The normalized spacial score (nSPS) is 14.7. The van der Waals surface area contributed by atoms with Gasteiger partial charge < -0.3 is 15.0 Å². The molecular weight excluding hydrogens is 352 g/mol. The topological polar surface area (TPSA) is 67.6 Å². The first-order valence-electron chi connectivity index (χ1n) is 8.62. The van der Waals surface area contributed by atoms with Crippen molar-refractivity contribution in [2.45, 2.75) is 13.5 Å². The van der Waals surface area contributed by atoms with Crippen molar-refractivity contribution in [2.75, 3.05) is 31.6 Å². The van der Waals surface area contributed by atoms with Crippen LogP contribution in [0.1, 0.15) is 11.4 Å². The lowest BCUT2D eigenvalue weighted by molar-refractivity contribution is 0.380. The Hall–Kier alpha value is -2.38. The number of methoxy groups -OCH3 is 1. The van der Waals surface area contributed by atoms with Crippen LogP contribution in [-0.2, 0) is 6.54 Å². The van der Waals surface area contributed by atoms with Crippen LogP contribution >= 0.6 is 11.6 Å². The van der Waals surface area contributed by atoms with E-state index >= 15 is 0 Å². The number of rotatable bonds is 6. The maximum atomic E-state index is 6.33. The van der Waals surface area contributed by atoms with Crippen molar-refractivity contribution in [1.82, 2.24) is 25.1 Å². The van der Waals surface area contributed by atoms with Gasteiger partial charge in [0.15, 0.2) is 11.5 Å². The van der Waals surface area contributed by atoms with Gasteiger partial charge in [0.25, 0.3) is 0 Å². The Morgan fingerprint density at radius 2 is 2.08 bits per heavy atom. The standard InChI is InChI=1S/C18H21ClN6O/c1-12-21-22-16-6-7-17(23-25(12)16)24-10-13(11-24)8-20-9-14-4-3-5-15(26-2)18(14)19/h3-7,13,20H,8-11H2,1-2H3. The lowest BCUT2D eigenvalue weighted by Crippen LogP contribution is -2.51. The molecule has 1 fully saturated rings. The monoisotopic (exact) mass is 372 g/mol. The molecule has 1 saturated heterocycles. The Kier molecular flexibility index (Phi) is 4.65. The van der Waals surface area contributed by atoms with E-state index in [4.69, 9.17) is 16.3 Å². The van der Waals surface area contributed by atoms with Gasteiger partial charge in [0.1, 0.15) is 11.6 Å². The molecule has 1 aliphatic heterocycles. The maximum Gasteiger partial charge on any atom is 0.178 e. The molecule has 1 N–H and O–H groups in total. The minimum atomic E-state index is 0.596. The zero-order chi connectivity index (χ0) is 18.1. The predicted molar refractivity (Wildman–Crippen MR) is 101 cm³/mol. The molecule has 7 nitrogen and oxygen atoms in total. The van der Waals surface area contributed by atoms with Gasteiger partial charge in [0.05, 0.1) is 12.1 Å². The third-order valence-corrected chi connectivity index (χ3v) is 5.13. The van der Waals surface area contributed by atoms with E-state index < -0.39 is 0 Å². The molecule has 1 aromatic carbocycles. The lowest BCUT2D eigenvalue weighted by atomic mass is 10.00. The summed E-state index contributed by atoms with van der Waals surface area (Å²) >= 11 is 6.33. The zero-order valence-corrected chi connectivity index (χ0v) is 15.6. The van der Waals surface area contributed by atoms with Gasteiger partial charge in [-0.2, -0.15) is 4.52 Å². The third-order valence-electron chi connectivity index (χ3n) is 4.70. The van der Waals surface area contributed by atoms with Crippen LogP contribution in [0, 0.1) is 12.8 Å². The average Bonchev–Trinajstić information content (AvgIpc) is 2.99. The highest BCUT2D eigenvalue weighted by Crippen LogP contribution is 2.28. The molecular formula is C18H21ClN6O. The van der Waals surface area contributed by atoms with E-state index in [-0.39, 0.29) is 0 Å². The average molecular weight is 373 g/mol. The summed E-state index contributed by atoms with van der Waals surface area (Å²) in [6, 6.07) is 9.81. The van der Waals surface area contributed by atoms with Crippen LogP contribution in [0.15, 0.2) is 30.3 Å². The largest absolute Gasteiger partial charge is 0.495 e. The molecule has 0 spiro atoms. The van der Waals surface area contributed by atoms with Crippen molar-refractivity contribution in [2.24, 2.45) is 5.92 Å². The quantitative estimate of drug-likeness (QED) is 0.716. The van der Waals surface area contributed by atoms with Crippen LogP contribution in [0.4, 0.5) is 5.82 Å². The second kappa shape index (κ2) is 7.09. The highest BCUT2D eigenvalue weighted by atomic mass is 35.5. The van der Waals surface area contributed by atoms with Gasteiger partial charge in [-0.05, 0) is 30.7 Å². The Morgan fingerprint density at radius 1 is 1.23 bits per heavy atom. The fourth-order valence-corrected chi connectivity index (χ4v) is 3.47. The summed E-state index contributed by atoms with van der Waals surface area (Å²) in [5.41, 5.74) is 1.83. The predicted octanol–water partition coefficient (Wildman–Crippen LogP) is 2.32. The minimum absolute atomic E-state index is 0.596. The van der Waals surface area contributed by atoms with E-state index in [0.717, 1.165) is 49.0 Å². The molecule has 0 bridgehead atoms. The molecule has 3 heterocycles. The number of nitrogens with zero attached hydrogens (tertiary/aromatic N) is 5. The molecule has 0 saturated carbocycles. The number of hydrogen-bond donors (Lipinski definition) is 1. The van der Waals surface area contributed by atoms with E-state index in [2.05, 4.69) is 25.5 Å². The van der Waals surface area contributed by atoms with Gasteiger partial charge >= 0.3 is 0 Å². The Bertz CT molecular complexity index is 921. The highest BCUT2D eigenvalue weighted by Gasteiger charge is 2.27. The fraction of sp³-hybridized carbons (Fsp3) is 0.389. The van der Waals surface area contributed by atoms with Crippen LogP contribution in [0.5, 0.6) is 5.75 Å². The molecule has 1 aliphatic rings. The summed E-state index contributed by atoms with van der Waals surface area (Å²) in [5.74, 6) is 3.08. The van der Waals surface area contributed by atoms with E-state index in [1.165, 1.54) is 0 Å². The van der Waals surface area contributed by atoms with Gasteiger partial charge in [0, 0.05) is 32.1 Å². The molecule has 8 heteroatoms. The molecule has 0 aliphatic carbocycles. The summed E-state index contributed by atoms with van der Waals surface area (Å²) in [6.45, 7) is 5.55. The van der Waals surface area contributed by atoms with Gasteiger partial charge in [-0.1, -0.05) is 23.7 Å². The molecule has 0 amide bonds. The minimum Gasteiger partial charge on any atom is -0.495 e. The van der Waals surface area contributed by atoms with Gasteiger partial charge in [-0.3, -0.25) is 0 Å². The first-order valence-corrected chi connectivity index (χ1v) is 8.99. The highest BCUT2D eigenvalue weighted by molar-refractivity contribution is 6.32. The molecule has 26 heavy (non-hydrogen) atoms. The zero-order valence-electron chi connectivity index (χ0n) is 14.8. The van der Waals surface area contributed by atoms with E-state index in [0.29, 0.717) is 16.7 Å². The number of hydrogen-bond acceptors (Lipinski definition) is 6. The van der Waals surface area contributed by atoms with Crippen LogP contribution < -0.4 is 15.0 Å². The molecule has 0 unspecified atom stereocenters. The SMILES string of the molecule is COc1cccc(CNCC2CN(c3ccc4nnc(C)n4n3)C2)c1Cl. The molecule has 2 aromatic heterocycles. The summed E-state index contributed by atoms with van der Waals surface area (Å²) in [6.07, 6.45) is 0. The number of benzene rings is 1. The van der Waals surface area contributed by atoms with Gasteiger partial charge in [-0.25, -0.2) is 0 Å². The summed E-state index contributed by atoms with van der Waals surface area (Å²) in [7, 11) is 1.63. The smallest absolute Gasteiger partial charge is 0.178 e. The van der Waals surface area contributed by atoms with Crippen LogP contribution in [0.2, 0.25) is 5.02 Å². The van der Waals surface area contributed by atoms with E-state index in [1.54, 1.807) is 11.6 Å². The maximum absolute atomic E-state index is 6.33. The third kappa shape index (κ3) is 3.20. The number of aromatic nitrogens is 4. The number of halogens is 1. The van der Waals surface area contributed by atoms with Crippen LogP contribution in [0.3, 0.4) is 0 Å². The van der Waals surface area contributed by atoms with E-state index in [1.807, 2.05) is 37.3 Å². The number of aryl methyl sites for hydroxylation is 1. The Balaban J connectivity index is 1.29. The summed E-state index contributed by atoms with van der Waals surface area (Å²) in [5, 5.41) is 16.9. The number of nitrogens with one attached hydrogen (secondary N) is 1. The first-order chi connectivity index (χ1) is 12.7. The molecule has 0 radical (unpaired) electrons. The van der Waals surface area contributed by atoms with Crippen LogP contribution in [-0.4, -0.2) is 46.6 Å². The number of anilines is 1. The Morgan fingerprint density at radius 3 is 2.88 bits per heavy atom. The molecule has 136 valence electrons. The van der Waals surface area contributed by atoms with Crippen molar-refractivity contribution in [1.29, 1.82) is 0 Å². The van der Waals surface area contributed by atoms with Gasteiger partial charge in [-0.15, -0.1) is 15.3 Å². The summed E-state index contributed by atoms with van der Waals surface area (Å²) in [4.78, 5) is 2.27. The van der Waals surface area contributed by atoms with Crippen molar-refractivity contribution in [3.8, 4) is 5.75 Å².